The van der Waals surface area contributed by atoms with Crippen LogP contribution in [0.1, 0.15) is 23.2 Å². The van der Waals surface area contributed by atoms with Crippen molar-refractivity contribution in [3.05, 3.63) is 59.7 Å². The van der Waals surface area contributed by atoms with Gasteiger partial charge < -0.3 is 10.1 Å². The third-order valence-corrected chi connectivity index (χ3v) is 3.20. The second-order valence-corrected chi connectivity index (χ2v) is 4.82. The van der Waals surface area contributed by atoms with Gasteiger partial charge in [-0.3, -0.25) is 9.59 Å². The smallest absolute Gasteiger partial charge is 0.224 e. The molecule has 0 aliphatic rings. The molecule has 0 saturated heterocycles. The van der Waals surface area contributed by atoms with E-state index in [9.17, 15) is 18.4 Å². The summed E-state index contributed by atoms with van der Waals surface area (Å²) in [5, 5.41) is 2.31. The minimum Gasteiger partial charge on any atom is -0.497 e. The highest BCUT2D eigenvalue weighted by atomic mass is 19.1. The largest absolute Gasteiger partial charge is 0.497 e. The minimum absolute atomic E-state index is 0.0129. The van der Waals surface area contributed by atoms with Gasteiger partial charge in [0, 0.05) is 24.5 Å². The Morgan fingerprint density at radius 3 is 2.35 bits per heavy atom. The zero-order valence-corrected chi connectivity index (χ0v) is 12.4. The lowest BCUT2D eigenvalue weighted by Crippen LogP contribution is -2.14. The van der Waals surface area contributed by atoms with Crippen molar-refractivity contribution < 1.29 is 23.1 Å². The van der Waals surface area contributed by atoms with Crippen LogP contribution < -0.4 is 10.1 Å². The fraction of sp³-hybridized carbons (Fsp3) is 0.176. The van der Waals surface area contributed by atoms with E-state index in [2.05, 4.69) is 5.32 Å². The van der Waals surface area contributed by atoms with Crippen LogP contribution in [0.4, 0.5) is 14.5 Å². The topological polar surface area (TPSA) is 55.4 Å². The number of ether oxygens (including phenoxy) is 1. The van der Waals surface area contributed by atoms with Crippen LogP contribution in [0.2, 0.25) is 0 Å². The van der Waals surface area contributed by atoms with Crippen LogP contribution in [0.3, 0.4) is 0 Å². The monoisotopic (exact) mass is 319 g/mol. The van der Waals surface area contributed by atoms with Crippen molar-refractivity contribution in [3.8, 4) is 5.75 Å². The second kappa shape index (κ2) is 7.49. The van der Waals surface area contributed by atoms with E-state index in [0.29, 0.717) is 17.4 Å². The number of nitrogens with one attached hydrogen (secondary N) is 1. The van der Waals surface area contributed by atoms with Crippen LogP contribution in [0.25, 0.3) is 0 Å². The van der Waals surface area contributed by atoms with Crippen LogP contribution in [0, 0.1) is 11.6 Å². The van der Waals surface area contributed by atoms with E-state index in [4.69, 9.17) is 4.74 Å². The summed E-state index contributed by atoms with van der Waals surface area (Å²) in [5.74, 6) is -1.68. The summed E-state index contributed by atoms with van der Waals surface area (Å²) in [7, 11) is 1.52. The molecule has 23 heavy (non-hydrogen) atoms. The Kier molecular flexibility index (Phi) is 5.41. The Balaban J connectivity index is 1.89. The van der Waals surface area contributed by atoms with Gasteiger partial charge in [0.05, 0.1) is 12.8 Å². The molecule has 2 rings (SSSR count). The highest BCUT2D eigenvalue weighted by molar-refractivity contribution is 6.00. The maximum Gasteiger partial charge on any atom is 0.224 e. The van der Waals surface area contributed by atoms with Gasteiger partial charge in [0.25, 0.3) is 0 Å². The van der Waals surface area contributed by atoms with E-state index in [1.54, 1.807) is 24.3 Å². The molecule has 1 amide bonds. The number of halogens is 2. The fourth-order valence-electron chi connectivity index (χ4n) is 1.95. The van der Waals surface area contributed by atoms with Crippen LogP contribution in [0.15, 0.2) is 42.5 Å². The van der Waals surface area contributed by atoms with Gasteiger partial charge in [-0.2, -0.15) is 0 Å². The van der Waals surface area contributed by atoms with Gasteiger partial charge in [-0.15, -0.1) is 0 Å². The van der Waals surface area contributed by atoms with Gasteiger partial charge in [0.1, 0.15) is 17.4 Å². The molecule has 0 aromatic heterocycles. The lowest BCUT2D eigenvalue weighted by molar-refractivity contribution is -0.116. The number of hydrogen-bond acceptors (Lipinski definition) is 3. The molecule has 0 fully saturated rings. The van der Waals surface area contributed by atoms with Gasteiger partial charge in [-0.25, -0.2) is 8.78 Å². The molecule has 1 N–H and O–H groups in total. The average molecular weight is 319 g/mol. The van der Waals surface area contributed by atoms with Crippen molar-refractivity contribution >= 4 is 17.4 Å². The molecule has 0 radical (unpaired) electrons. The normalized spacial score (nSPS) is 10.2. The summed E-state index contributed by atoms with van der Waals surface area (Å²) in [5.41, 5.74) is 0.347. The standard InChI is InChI=1S/C17H15F2NO3/c1-23-13-5-2-11(3-6-13)16(21)8-9-17(22)20-15-7-4-12(18)10-14(15)19/h2-7,10H,8-9H2,1H3,(H,20,22). The Bertz CT molecular complexity index is 714. The van der Waals surface area contributed by atoms with Crippen molar-refractivity contribution in [2.45, 2.75) is 12.8 Å². The van der Waals surface area contributed by atoms with Crippen LogP contribution >= 0.6 is 0 Å². The summed E-state index contributed by atoms with van der Waals surface area (Å²) in [4.78, 5) is 23.7. The Hall–Kier alpha value is -2.76. The molecule has 0 aliphatic carbocycles. The van der Waals surface area contributed by atoms with Crippen LogP contribution in [-0.2, 0) is 4.79 Å². The zero-order chi connectivity index (χ0) is 16.8. The van der Waals surface area contributed by atoms with Gasteiger partial charge in [0.2, 0.25) is 5.91 Å². The number of carbonyl (C=O) groups is 2. The number of methoxy groups -OCH3 is 1. The maximum absolute atomic E-state index is 13.4. The first-order valence-electron chi connectivity index (χ1n) is 6.92. The number of rotatable bonds is 6. The number of ketones is 1. The molecule has 0 spiro atoms. The molecule has 4 nitrogen and oxygen atoms in total. The summed E-state index contributed by atoms with van der Waals surface area (Å²) < 4.78 is 31.2. The Labute approximate surface area is 132 Å². The first-order valence-corrected chi connectivity index (χ1v) is 6.92. The minimum atomic E-state index is -0.861. The molecule has 0 bridgehead atoms. The number of benzene rings is 2. The quantitative estimate of drug-likeness (QED) is 0.828. The molecule has 6 heteroatoms. The van der Waals surface area contributed by atoms with Crippen molar-refractivity contribution in [1.82, 2.24) is 0 Å². The molecule has 0 aliphatic heterocycles. The van der Waals surface area contributed by atoms with E-state index < -0.39 is 17.5 Å². The van der Waals surface area contributed by atoms with Crippen LogP contribution in [0.5, 0.6) is 5.75 Å². The first kappa shape index (κ1) is 16.6. The number of Topliss-reactive ketones (excluding diaryl/α,β-unsaturated/α-hetero) is 1. The summed E-state index contributed by atoms with van der Waals surface area (Å²) >= 11 is 0. The van der Waals surface area contributed by atoms with E-state index in [1.165, 1.54) is 7.11 Å². The summed E-state index contributed by atoms with van der Waals surface area (Å²) in [6.07, 6.45) is -0.108. The Morgan fingerprint density at radius 1 is 1.04 bits per heavy atom. The van der Waals surface area contributed by atoms with Gasteiger partial charge >= 0.3 is 0 Å². The number of hydrogen-bond donors (Lipinski definition) is 1. The van der Waals surface area contributed by atoms with Gasteiger partial charge in [0.15, 0.2) is 5.78 Å². The molecule has 0 unspecified atom stereocenters. The summed E-state index contributed by atoms with van der Waals surface area (Å²) in [6, 6.07) is 9.38. The predicted octanol–water partition coefficient (Wildman–Crippen LogP) is 3.58. The molecule has 0 heterocycles. The van der Waals surface area contributed by atoms with Crippen molar-refractivity contribution in [3.63, 3.8) is 0 Å². The third-order valence-electron chi connectivity index (χ3n) is 3.20. The molecule has 0 atom stereocenters. The molecular formula is C17H15F2NO3. The van der Waals surface area contributed by atoms with Crippen LogP contribution in [-0.4, -0.2) is 18.8 Å². The molecule has 0 saturated carbocycles. The van der Waals surface area contributed by atoms with Gasteiger partial charge in [-0.05, 0) is 36.4 Å². The molecule has 120 valence electrons. The van der Waals surface area contributed by atoms with Crippen molar-refractivity contribution in [2.75, 3.05) is 12.4 Å². The predicted molar refractivity (Wildman–Crippen MR) is 81.5 cm³/mol. The molecule has 2 aromatic carbocycles. The maximum atomic E-state index is 13.4. The lowest BCUT2D eigenvalue weighted by atomic mass is 10.1. The zero-order valence-electron chi connectivity index (χ0n) is 12.4. The molecule has 2 aromatic rings. The van der Waals surface area contributed by atoms with Gasteiger partial charge in [-0.1, -0.05) is 0 Å². The summed E-state index contributed by atoms with van der Waals surface area (Å²) in [6.45, 7) is 0. The first-order chi connectivity index (χ1) is 11.0. The number of amides is 1. The highest BCUT2D eigenvalue weighted by Gasteiger charge is 2.12. The number of carbonyl (C=O) groups excluding carboxylic acids is 2. The highest BCUT2D eigenvalue weighted by Crippen LogP contribution is 2.16. The van der Waals surface area contributed by atoms with E-state index in [1.807, 2.05) is 0 Å². The molecular weight excluding hydrogens is 304 g/mol. The Morgan fingerprint density at radius 2 is 1.74 bits per heavy atom. The lowest BCUT2D eigenvalue weighted by Gasteiger charge is -2.06. The number of anilines is 1. The average Bonchev–Trinajstić information content (AvgIpc) is 2.55. The van der Waals surface area contributed by atoms with E-state index in [-0.39, 0.29) is 24.3 Å². The van der Waals surface area contributed by atoms with Crippen molar-refractivity contribution in [2.24, 2.45) is 0 Å². The van der Waals surface area contributed by atoms with E-state index >= 15 is 0 Å². The van der Waals surface area contributed by atoms with Crippen molar-refractivity contribution in [1.29, 1.82) is 0 Å². The third kappa shape index (κ3) is 4.60. The second-order valence-electron chi connectivity index (χ2n) is 4.82. The SMILES string of the molecule is COc1ccc(C(=O)CCC(=O)Nc2ccc(F)cc2F)cc1. The van der Waals surface area contributed by atoms with E-state index in [0.717, 1.165) is 12.1 Å². The fourth-order valence-corrected chi connectivity index (χ4v) is 1.95.